The van der Waals surface area contributed by atoms with Gasteiger partial charge in [0.15, 0.2) is 5.69 Å². The Morgan fingerprint density at radius 2 is 1.87 bits per heavy atom. The van der Waals surface area contributed by atoms with Crippen LogP contribution in [0.2, 0.25) is 5.02 Å². The van der Waals surface area contributed by atoms with Crippen LogP contribution in [0.1, 0.15) is 28.9 Å². The number of quaternary nitrogens is 1. The van der Waals surface area contributed by atoms with Crippen LogP contribution in [-0.2, 0) is 9.63 Å². The number of methoxy groups -OCH3 is 1. The van der Waals surface area contributed by atoms with Gasteiger partial charge in [-0.3, -0.25) is 9.59 Å². The maximum Gasteiger partial charge on any atom is 0.255 e. The highest BCUT2D eigenvalue weighted by molar-refractivity contribution is 6.33. The highest BCUT2D eigenvalue weighted by atomic mass is 35.5. The third-order valence-electron chi connectivity index (χ3n) is 7.89. The van der Waals surface area contributed by atoms with Crippen molar-refractivity contribution in [2.45, 2.75) is 13.0 Å². The number of para-hydroxylation sites is 1. The average molecular weight is 648 g/mol. The van der Waals surface area contributed by atoms with Crippen LogP contribution in [0.3, 0.4) is 0 Å². The van der Waals surface area contributed by atoms with Gasteiger partial charge in [-0.05, 0) is 53.7 Å². The topological polar surface area (TPSA) is 174 Å². The molecule has 1 aromatic heterocycles. The van der Waals surface area contributed by atoms with Gasteiger partial charge >= 0.3 is 0 Å². The molecule has 2 aliphatic rings. The second-order valence-corrected chi connectivity index (χ2v) is 11.0. The molecule has 3 heterocycles. The van der Waals surface area contributed by atoms with E-state index < -0.39 is 17.2 Å². The molecule has 4 N–H and O–H groups in total. The van der Waals surface area contributed by atoms with Gasteiger partial charge in [0, 0.05) is 43.4 Å². The van der Waals surface area contributed by atoms with Crippen molar-refractivity contribution in [3.63, 3.8) is 0 Å². The van der Waals surface area contributed by atoms with E-state index in [0.717, 1.165) is 5.56 Å². The first-order chi connectivity index (χ1) is 22.2. The first-order valence-corrected chi connectivity index (χ1v) is 14.6. The number of halogens is 1. The average Bonchev–Trinajstić information content (AvgIpc) is 3.75. The van der Waals surface area contributed by atoms with Gasteiger partial charge in [0.05, 0.1) is 29.1 Å². The largest absolute Gasteiger partial charge is 0.595 e. The molecule has 6 rings (SSSR count). The summed E-state index contributed by atoms with van der Waals surface area (Å²) in [6, 6.07) is 16.3. The molecule has 0 saturated carbocycles. The molecule has 4 aromatic rings. The monoisotopic (exact) mass is 647 g/mol. The number of ether oxygens (including phenoxy) is 1. The van der Waals surface area contributed by atoms with Crippen molar-refractivity contribution in [3.05, 3.63) is 99.7 Å². The molecule has 0 radical (unpaired) electrons. The summed E-state index contributed by atoms with van der Waals surface area (Å²) >= 11 is 6.57. The fourth-order valence-electron chi connectivity index (χ4n) is 5.51. The predicted octanol–water partition coefficient (Wildman–Crippen LogP) is 2.18. The van der Waals surface area contributed by atoms with Crippen molar-refractivity contribution < 1.29 is 29.6 Å². The first-order valence-electron chi connectivity index (χ1n) is 14.3. The normalized spacial score (nSPS) is 17.1. The van der Waals surface area contributed by atoms with Crippen LogP contribution in [-0.4, -0.2) is 75.4 Å². The Morgan fingerprint density at radius 1 is 1.13 bits per heavy atom. The van der Waals surface area contributed by atoms with Crippen molar-refractivity contribution >= 4 is 40.5 Å². The summed E-state index contributed by atoms with van der Waals surface area (Å²) in [7, 11) is 1.58. The van der Waals surface area contributed by atoms with E-state index in [0.29, 0.717) is 60.2 Å². The van der Waals surface area contributed by atoms with E-state index in [-0.39, 0.29) is 22.3 Å². The standard InChI is InChI=1S/C30H30ClN9O6/c1-18-27(28(34-46-18)21-5-3-4-6-26(21)45-2)30(42)38-13-11-37(12-14-38)24-16-23(25(40(43)44)15-22(24)31)33-29(41)19-7-9-20(10-8-19)39-17-32-35-36-39/h3-10,15-17,28,34,40,43H,11-14H2,1-2H3,(H,33,41). The minimum Gasteiger partial charge on any atom is -0.595 e. The van der Waals surface area contributed by atoms with Crippen molar-refractivity contribution in [1.82, 2.24) is 30.6 Å². The Morgan fingerprint density at radius 3 is 2.54 bits per heavy atom. The lowest BCUT2D eigenvalue weighted by Gasteiger charge is -2.37. The zero-order valence-electron chi connectivity index (χ0n) is 24.8. The molecule has 0 bridgehead atoms. The lowest BCUT2D eigenvalue weighted by molar-refractivity contribution is -0.990. The number of nitrogens with zero attached hydrogens (tertiary/aromatic N) is 6. The van der Waals surface area contributed by atoms with Gasteiger partial charge in [0.25, 0.3) is 11.8 Å². The van der Waals surface area contributed by atoms with Crippen molar-refractivity contribution in [3.8, 4) is 11.4 Å². The van der Waals surface area contributed by atoms with Crippen LogP contribution >= 0.6 is 11.6 Å². The Balaban J connectivity index is 1.17. The third-order valence-corrected chi connectivity index (χ3v) is 8.20. The number of rotatable bonds is 8. The molecule has 2 amide bonds. The predicted molar refractivity (Wildman–Crippen MR) is 166 cm³/mol. The molecular weight excluding hydrogens is 618 g/mol. The van der Waals surface area contributed by atoms with Gasteiger partial charge in [-0.25, -0.2) is 9.89 Å². The van der Waals surface area contributed by atoms with Crippen LogP contribution in [0.15, 0.2) is 78.3 Å². The van der Waals surface area contributed by atoms with E-state index in [1.807, 2.05) is 29.2 Å². The number of carbonyl (C=O) groups is 2. The minimum atomic E-state index is -1.24. The molecule has 1 saturated heterocycles. The molecule has 16 heteroatoms. The van der Waals surface area contributed by atoms with Gasteiger partial charge < -0.3 is 29.9 Å². The van der Waals surface area contributed by atoms with Gasteiger partial charge in [-0.1, -0.05) is 29.8 Å². The number of tetrazole rings is 1. The molecule has 46 heavy (non-hydrogen) atoms. The number of nitrogens with one attached hydrogen (secondary N) is 3. The number of hydroxylamine groups is 1. The van der Waals surface area contributed by atoms with Crippen LogP contribution < -0.4 is 25.7 Å². The van der Waals surface area contributed by atoms with Gasteiger partial charge in [0.1, 0.15) is 29.6 Å². The maximum atomic E-state index is 13.8. The van der Waals surface area contributed by atoms with E-state index in [1.54, 1.807) is 49.3 Å². The maximum absolute atomic E-state index is 13.8. The number of aromatic nitrogens is 4. The van der Waals surface area contributed by atoms with E-state index >= 15 is 0 Å². The number of allylic oxidation sites excluding steroid dienone is 1. The van der Waals surface area contributed by atoms with E-state index in [1.165, 1.54) is 17.1 Å². The van der Waals surface area contributed by atoms with Crippen LogP contribution in [0, 0.1) is 5.21 Å². The molecule has 3 aromatic carbocycles. The summed E-state index contributed by atoms with van der Waals surface area (Å²) in [5.41, 5.74) is 5.66. The summed E-state index contributed by atoms with van der Waals surface area (Å²) in [5, 5.41) is 34.6. The molecule has 238 valence electrons. The van der Waals surface area contributed by atoms with Gasteiger partial charge in [-0.2, -0.15) is 5.23 Å². The summed E-state index contributed by atoms with van der Waals surface area (Å²) in [4.78, 5) is 36.2. The van der Waals surface area contributed by atoms with Crippen LogP contribution in [0.5, 0.6) is 5.75 Å². The zero-order valence-corrected chi connectivity index (χ0v) is 25.6. The summed E-state index contributed by atoms with van der Waals surface area (Å²) in [5.74, 6) is 0.456. The quantitative estimate of drug-likeness (QED) is 0.206. The van der Waals surface area contributed by atoms with Crippen LogP contribution in [0.25, 0.3) is 5.69 Å². The van der Waals surface area contributed by atoms with Crippen molar-refractivity contribution in [2.75, 3.05) is 43.5 Å². The molecule has 1 fully saturated rings. The van der Waals surface area contributed by atoms with Crippen LogP contribution in [0.4, 0.5) is 17.1 Å². The van der Waals surface area contributed by atoms with Gasteiger partial charge in [0.2, 0.25) is 0 Å². The molecule has 2 atom stereocenters. The lowest BCUT2D eigenvalue weighted by atomic mass is 9.97. The Bertz CT molecular complexity index is 1770. The Labute approximate surface area is 268 Å². The highest BCUT2D eigenvalue weighted by Crippen LogP contribution is 2.37. The number of hydrogen-bond donors (Lipinski definition) is 4. The first kappa shape index (κ1) is 30.9. The van der Waals surface area contributed by atoms with E-state index in [4.69, 9.17) is 21.2 Å². The Kier molecular flexibility index (Phi) is 8.83. The SMILES string of the molecule is COc1ccccc1C1NOC(C)=C1C(=O)N1CCN(c2cc(NC(=O)c3ccc(-n4cnnn4)cc3)c([NH+]([O-])O)cc2Cl)CC1. The number of amides is 2. The molecule has 2 unspecified atom stereocenters. The highest BCUT2D eigenvalue weighted by Gasteiger charge is 2.37. The summed E-state index contributed by atoms with van der Waals surface area (Å²) < 4.78 is 6.95. The minimum absolute atomic E-state index is 0.0922. The Hall–Kier alpha value is -5.06. The molecule has 2 aliphatic heterocycles. The van der Waals surface area contributed by atoms with Gasteiger partial charge in [-0.15, -0.1) is 10.6 Å². The molecular formula is C30H30ClN9O6. The number of hydrogen-bond acceptors (Lipinski definition) is 11. The summed E-state index contributed by atoms with van der Waals surface area (Å²) in [6.07, 6.45) is 1.43. The molecule has 0 aliphatic carbocycles. The fraction of sp³-hybridized carbons (Fsp3) is 0.233. The third kappa shape index (κ3) is 6.09. The number of carbonyl (C=O) groups excluding carboxylic acids is 2. The number of piperazine rings is 1. The summed E-state index contributed by atoms with van der Waals surface area (Å²) in [6.45, 7) is 3.34. The fourth-order valence-corrected chi connectivity index (χ4v) is 5.79. The van der Waals surface area contributed by atoms with E-state index in [9.17, 15) is 20.0 Å². The smallest absolute Gasteiger partial charge is 0.255 e. The molecule has 0 spiro atoms. The van der Waals surface area contributed by atoms with E-state index in [2.05, 4.69) is 26.3 Å². The second kappa shape index (κ2) is 13.1. The molecule has 15 nitrogen and oxygen atoms in total. The van der Waals surface area contributed by atoms with Crippen molar-refractivity contribution in [1.29, 1.82) is 0 Å². The number of benzene rings is 3. The zero-order chi connectivity index (χ0) is 32.4. The second-order valence-electron chi connectivity index (χ2n) is 10.6. The van der Waals surface area contributed by atoms with Crippen molar-refractivity contribution in [2.24, 2.45) is 0 Å². The number of anilines is 2. The lowest BCUT2D eigenvalue weighted by Crippen LogP contribution is -2.99.